The number of amidine groups is 1. The van der Waals surface area contributed by atoms with Crippen LogP contribution >= 0.6 is 0 Å². The molecule has 0 saturated heterocycles. The number of aliphatic imine (C=N–C) groups is 2. The van der Waals surface area contributed by atoms with Crippen LogP contribution in [0.5, 0.6) is 0 Å². The van der Waals surface area contributed by atoms with E-state index in [-0.39, 0.29) is 22.9 Å². The molecular formula is C17H17F3N6. The van der Waals surface area contributed by atoms with Crippen LogP contribution in [0.1, 0.15) is 25.1 Å². The van der Waals surface area contributed by atoms with Gasteiger partial charge in [-0.2, -0.15) is 0 Å². The Morgan fingerprint density at radius 2 is 2.00 bits per heavy atom. The van der Waals surface area contributed by atoms with Gasteiger partial charge in [0.2, 0.25) is 5.95 Å². The van der Waals surface area contributed by atoms with Crippen LogP contribution in [-0.2, 0) is 0 Å². The van der Waals surface area contributed by atoms with Gasteiger partial charge in [-0.15, -0.1) is 5.10 Å². The minimum absolute atomic E-state index is 0.00734. The van der Waals surface area contributed by atoms with Crippen molar-refractivity contribution in [3.8, 4) is 0 Å². The Hall–Kier alpha value is -2.97. The molecule has 0 unspecified atom stereocenters. The van der Waals surface area contributed by atoms with Crippen molar-refractivity contribution in [2.45, 2.75) is 27.2 Å². The number of nitrogen functional groups attached to an aromatic ring is 1. The van der Waals surface area contributed by atoms with Crippen molar-refractivity contribution in [3.63, 3.8) is 0 Å². The largest absolute Gasteiger partial charge is 0.367 e. The molecule has 1 aliphatic rings. The SMILES string of the molecule is CC1=N/C=C(/C(F)F)[C@H](C)/C=C(/c2c(F)cn3nc(N)nc(C)c23)C=N1. The van der Waals surface area contributed by atoms with E-state index in [1.54, 1.807) is 20.8 Å². The van der Waals surface area contributed by atoms with E-state index in [0.717, 1.165) is 6.20 Å². The van der Waals surface area contributed by atoms with Crippen molar-refractivity contribution < 1.29 is 13.2 Å². The normalized spacial score (nSPS) is 22.3. The Labute approximate surface area is 147 Å². The highest BCUT2D eigenvalue weighted by atomic mass is 19.3. The lowest BCUT2D eigenvalue weighted by Gasteiger charge is -2.12. The van der Waals surface area contributed by atoms with Crippen molar-refractivity contribution in [2.24, 2.45) is 15.9 Å². The Morgan fingerprint density at radius 1 is 1.27 bits per heavy atom. The summed E-state index contributed by atoms with van der Waals surface area (Å²) >= 11 is 0. The van der Waals surface area contributed by atoms with Gasteiger partial charge in [0.25, 0.3) is 6.43 Å². The molecule has 1 atom stereocenters. The Bertz CT molecular complexity index is 984. The van der Waals surface area contributed by atoms with E-state index in [4.69, 9.17) is 5.73 Å². The van der Waals surface area contributed by atoms with Crippen LogP contribution < -0.4 is 5.73 Å². The van der Waals surface area contributed by atoms with Crippen LogP contribution in [0, 0.1) is 18.7 Å². The van der Waals surface area contributed by atoms with E-state index < -0.39 is 18.2 Å². The van der Waals surface area contributed by atoms with Crippen LogP contribution in [0.2, 0.25) is 0 Å². The molecule has 3 heterocycles. The van der Waals surface area contributed by atoms with Crippen molar-refractivity contribution in [1.29, 1.82) is 0 Å². The van der Waals surface area contributed by atoms with Gasteiger partial charge in [0.1, 0.15) is 5.84 Å². The van der Waals surface area contributed by atoms with Gasteiger partial charge < -0.3 is 5.73 Å². The number of hydrogen-bond acceptors (Lipinski definition) is 5. The molecule has 9 heteroatoms. The summed E-state index contributed by atoms with van der Waals surface area (Å²) in [6.07, 6.45) is 2.55. The molecule has 1 aliphatic heterocycles. The van der Waals surface area contributed by atoms with Crippen LogP contribution in [0.3, 0.4) is 0 Å². The highest BCUT2D eigenvalue weighted by molar-refractivity contribution is 6.16. The second kappa shape index (κ2) is 6.74. The standard InChI is InChI=1S/C17H17F3N6/c1-8-4-11(5-22-10(3)23-6-12(8)16(19)20)14-13(18)7-26-15(14)9(2)24-17(21)25-26/h4-8,16H,1-3H3,(H2,21,25)/b11-4+,12-6+,22-5?,23-10?/t8-/m1/s1. The first-order valence-corrected chi connectivity index (χ1v) is 7.87. The first-order valence-electron chi connectivity index (χ1n) is 7.87. The number of anilines is 1. The second-order valence-corrected chi connectivity index (χ2v) is 5.98. The van der Waals surface area contributed by atoms with Crippen LogP contribution in [0.4, 0.5) is 19.1 Å². The average molecular weight is 362 g/mol. The van der Waals surface area contributed by atoms with E-state index in [1.165, 1.54) is 23.0 Å². The Morgan fingerprint density at radius 3 is 2.69 bits per heavy atom. The van der Waals surface area contributed by atoms with E-state index in [2.05, 4.69) is 20.1 Å². The first-order chi connectivity index (χ1) is 12.3. The Balaban J connectivity index is 2.25. The summed E-state index contributed by atoms with van der Waals surface area (Å²) in [6, 6.07) is 0. The van der Waals surface area contributed by atoms with Gasteiger partial charge in [-0.05, 0) is 13.8 Å². The molecule has 0 amide bonds. The lowest BCUT2D eigenvalue weighted by atomic mass is 9.96. The summed E-state index contributed by atoms with van der Waals surface area (Å²) in [5.41, 5.74) is 6.83. The fourth-order valence-electron chi connectivity index (χ4n) is 2.82. The molecule has 0 spiro atoms. The summed E-state index contributed by atoms with van der Waals surface area (Å²) in [4.78, 5) is 12.1. The zero-order valence-corrected chi connectivity index (χ0v) is 14.4. The number of allylic oxidation sites excluding steroid dienone is 3. The Kier molecular flexibility index (Phi) is 4.62. The zero-order chi connectivity index (χ0) is 19.0. The molecule has 0 aliphatic carbocycles. The molecule has 2 N–H and O–H groups in total. The maximum atomic E-state index is 14.7. The third kappa shape index (κ3) is 3.24. The van der Waals surface area contributed by atoms with Gasteiger partial charge >= 0.3 is 0 Å². The summed E-state index contributed by atoms with van der Waals surface area (Å²) < 4.78 is 42.7. The monoisotopic (exact) mass is 362 g/mol. The number of aryl methyl sites for hydroxylation is 1. The highest BCUT2D eigenvalue weighted by Gasteiger charge is 2.22. The molecule has 136 valence electrons. The lowest BCUT2D eigenvalue weighted by molar-refractivity contribution is 0.180. The fourth-order valence-corrected chi connectivity index (χ4v) is 2.82. The summed E-state index contributed by atoms with van der Waals surface area (Å²) in [7, 11) is 0. The molecule has 0 aromatic carbocycles. The minimum Gasteiger partial charge on any atom is -0.367 e. The molecule has 26 heavy (non-hydrogen) atoms. The van der Waals surface area contributed by atoms with E-state index >= 15 is 0 Å². The average Bonchev–Trinajstić information content (AvgIpc) is 2.89. The predicted molar refractivity (Wildman–Crippen MR) is 94.9 cm³/mol. The molecule has 0 radical (unpaired) electrons. The van der Waals surface area contributed by atoms with Gasteiger partial charge in [-0.3, -0.25) is 0 Å². The molecular weight excluding hydrogens is 345 g/mol. The molecule has 2 aromatic heterocycles. The van der Waals surface area contributed by atoms with E-state index in [0.29, 0.717) is 16.8 Å². The number of fused-ring (bicyclic) bond motifs is 1. The molecule has 6 nitrogen and oxygen atoms in total. The smallest absolute Gasteiger partial charge is 0.262 e. The number of hydrogen-bond donors (Lipinski definition) is 1. The predicted octanol–water partition coefficient (Wildman–Crippen LogP) is 3.43. The highest BCUT2D eigenvalue weighted by Crippen LogP contribution is 2.30. The summed E-state index contributed by atoms with van der Waals surface area (Å²) in [5, 5.41) is 3.97. The van der Waals surface area contributed by atoms with Gasteiger partial charge in [-0.25, -0.2) is 32.7 Å². The molecule has 0 fully saturated rings. The number of alkyl halides is 2. The number of aromatic nitrogens is 3. The van der Waals surface area contributed by atoms with Crippen LogP contribution in [-0.4, -0.2) is 33.1 Å². The topological polar surface area (TPSA) is 80.9 Å². The zero-order valence-electron chi connectivity index (χ0n) is 14.4. The molecule has 0 bridgehead atoms. The van der Waals surface area contributed by atoms with Crippen molar-refractivity contribution in [1.82, 2.24) is 14.6 Å². The number of halogens is 3. The second-order valence-electron chi connectivity index (χ2n) is 5.98. The maximum Gasteiger partial charge on any atom is 0.262 e. The van der Waals surface area contributed by atoms with E-state index in [1.807, 2.05) is 0 Å². The maximum absolute atomic E-state index is 14.7. The number of rotatable bonds is 2. The minimum atomic E-state index is -2.68. The van der Waals surface area contributed by atoms with Crippen molar-refractivity contribution in [2.75, 3.05) is 5.73 Å². The molecule has 2 aromatic rings. The van der Waals surface area contributed by atoms with Crippen molar-refractivity contribution in [3.05, 3.63) is 41.1 Å². The van der Waals surface area contributed by atoms with Crippen LogP contribution in [0.15, 0.2) is 34.0 Å². The van der Waals surface area contributed by atoms with Crippen molar-refractivity contribution >= 4 is 29.1 Å². The first kappa shape index (κ1) is 17.8. The van der Waals surface area contributed by atoms with Gasteiger partial charge in [0.05, 0.1) is 17.4 Å². The van der Waals surface area contributed by atoms with Gasteiger partial charge in [0.15, 0.2) is 5.82 Å². The number of nitrogens with zero attached hydrogens (tertiary/aromatic N) is 5. The van der Waals surface area contributed by atoms with E-state index in [9.17, 15) is 13.2 Å². The quantitative estimate of drug-likeness (QED) is 0.889. The van der Waals surface area contributed by atoms with Gasteiger partial charge in [0, 0.05) is 35.0 Å². The lowest BCUT2D eigenvalue weighted by Crippen LogP contribution is -2.07. The molecule has 3 rings (SSSR count). The fraction of sp³-hybridized carbons (Fsp3) is 0.294. The summed E-state index contributed by atoms with van der Waals surface area (Å²) in [6.45, 7) is 4.84. The number of nitrogens with two attached hydrogens (primary N) is 1. The summed E-state index contributed by atoms with van der Waals surface area (Å²) in [5.74, 6) is -0.956. The molecule has 0 saturated carbocycles. The van der Waals surface area contributed by atoms with Crippen LogP contribution in [0.25, 0.3) is 11.1 Å². The van der Waals surface area contributed by atoms with Gasteiger partial charge in [-0.1, -0.05) is 13.0 Å². The third-order valence-electron chi connectivity index (χ3n) is 4.06. The third-order valence-corrected chi connectivity index (χ3v) is 4.06.